The molecule has 3 aromatic rings. The molecule has 0 aliphatic rings. The Bertz CT molecular complexity index is 1270. The number of carbonyl (C=O) groups excluding carboxylic acids is 3. The summed E-state index contributed by atoms with van der Waals surface area (Å²) in [4.78, 5) is 38.1. The van der Waals surface area contributed by atoms with Gasteiger partial charge in [0.1, 0.15) is 11.6 Å². The van der Waals surface area contributed by atoms with E-state index in [2.05, 4.69) is 10.6 Å². The third-order valence-electron chi connectivity index (χ3n) is 5.74. The molecule has 0 aromatic heterocycles. The molecule has 0 aliphatic carbocycles. The first-order valence-corrected chi connectivity index (χ1v) is 12.4. The number of rotatable bonds is 8. The Morgan fingerprint density at radius 2 is 1.62 bits per heavy atom. The van der Waals surface area contributed by atoms with Crippen molar-refractivity contribution >= 4 is 28.7 Å². The second-order valence-electron chi connectivity index (χ2n) is 10.4. The number of hydrogen-bond acceptors (Lipinski definition) is 5. The van der Waals surface area contributed by atoms with E-state index in [1.165, 1.54) is 7.11 Å². The molecule has 0 bridgehead atoms. The van der Waals surface area contributed by atoms with Crippen LogP contribution in [0.1, 0.15) is 57.0 Å². The van der Waals surface area contributed by atoms with Crippen molar-refractivity contribution in [3.63, 3.8) is 0 Å². The standard InChI is InChI=1S/C30H36N2O5/c1-19(2)16-26(28(34)36-6)32-27(33)24-15-14-20(18-31-29(35)37-30(3,4)5)17-25(24)23-13-9-11-21-10-7-8-12-22(21)23/h7-15,17,19,26H,16,18H2,1-6H3,(H,31,35)(H,32,33)/t26-/m0/s1. The summed E-state index contributed by atoms with van der Waals surface area (Å²) >= 11 is 0. The molecule has 3 rings (SSSR count). The van der Waals surface area contributed by atoms with E-state index in [4.69, 9.17) is 9.47 Å². The summed E-state index contributed by atoms with van der Waals surface area (Å²) in [6.07, 6.45) is -0.0597. The van der Waals surface area contributed by atoms with Gasteiger partial charge in [0.15, 0.2) is 0 Å². The van der Waals surface area contributed by atoms with Crippen molar-refractivity contribution in [2.75, 3.05) is 7.11 Å². The molecule has 2 N–H and O–H groups in total. The van der Waals surface area contributed by atoms with Crippen LogP contribution < -0.4 is 10.6 Å². The van der Waals surface area contributed by atoms with Crippen LogP contribution in [-0.4, -0.2) is 36.7 Å². The van der Waals surface area contributed by atoms with Crippen molar-refractivity contribution in [1.29, 1.82) is 0 Å². The summed E-state index contributed by atoms with van der Waals surface area (Å²) in [6.45, 7) is 9.61. The van der Waals surface area contributed by atoms with Crippen LogP contribution in [0.25, 0.3) is 21.9 Å². The molecule has 0 saturated carbocycles. The number of methoxy groups -OCH3 is 1. The van der Waals surface area contributed by atoms with Gasteiger partial charge in [-0.05, 0) is 72.7 Å². The Balaban J connectivity index is 2.01. The first-order chi connectivity index (χ1) is 17.5. The molecular weight excluding hydrogens is 468 g/mol. The van der Waals surface area contributed by atoms with E-state index in [0.717, 1.165) is 21.9 Å². The van der Waals surface area contributed by atoms with E-state index in [-0.39, 0.29) is 18.4 Å². The van der Waals surface area contributed by atoms with Crippen LogP contribution in [0.5, 0.6) is 0 Å². The van der Waals surface area contributed by atoms with Gasteiger partial charge in [-0.2, -0.15) is 0 Å². The van der Waals surface area contributed by atoms with Crippen LogP contribution in [0, 0.1) is 5.92 Å². The minimum absolute atomic E-state index is 0.184. The lowest BCUT2D eigenvalue weighted by molar-refractivity contribution is -0.143. The number of carbonyl (C=O) groups is 3. The van der Waals surface area contributed by atoms with Crippen LogP contribution in [-0.2, 0) is 20.8 Å². The Morgan fingerprint density at radius 3 is 2.30 bits per heavy atom. The van der Waals surface area contributed by atoms with Gasteiger partial charge in [-0.15, -0.1) is 0 Å². The molecule has 0 aliphatic heterocycles. The Hall–Kier alpha value is -3.87. The van der Waals surface area contributed by atoms with Gasteiger partial charge < -0.3 is 20.1 Å². The number of fused-ring (bicyclic) bond motifs is 1. The zero-order valence-corrected chi connectivity index (χ0v) is 22.4. The minimum atomic E-state index is -0.758. The van der Waals surface area contributed by atoms with E-state index in [9.17, 15) is 14.4 Å². The summed E-state index contributed by atoms with van der Waals surface area (Å²) in [6, 6.07) is 18.5. The van der Waals surface area contributed by atoms with E-state index in [1.54, 1.807) is 32.9 Å². The second kappa shape index (κ2) is 11.9. The maximum Gasteiger partial charge on any atom is 0.407 e. The number of amides is 2. The number of nitrogens with one attached hydrogen (secondary N) is 2. The van der Waals surface area contributed by atoms with Crippen molar-refractivity contribution in [3.05, 3.63) is 71.8 Å². The molecule has 7 nitrogen and oxygen atoms in total. The highest BCUT2D eigenvalue weighted by molar-refractivity contribution is 6.07. The summed E-state index contributed by atoms with van der Waals surface area (Å²) in [5.41, 5.74) is 2.20. The van der Waals surface area contributed by atoms with Crippen LogP contribution in [0.3, 0.4) is 0 Å². The predicted octanol–water partition coefficient (Wildman–Crippen LogP) is 5.85. The average molecular weight is 505 g/mol. The van der Waals surface area contributed by atoms with Gasteiger partial charge in [0, 0.05) is 12.1 Å². The number of hydrogen-bond donors (Lipinski definition) is 2. The second-order valence-corrected chi connectivity index (χ2v) is 10.4. The monoisotopic (exact) mass is 504 g/mol. The summed E-state index contributed by atoms with van der Waals surface area (Å²) < 4.78 is 10.3. The maximum atomic E-state index is 13.5. The lowest BCUT2D eigenvalue weighted by atomic mass is 9.92. The SMILES string of the molecule is COC(=O)[C@H](CC(C)C)NC(=O)c1ccc(CNC(=O)OC(C)(C)C)cc1-c1cccc2ccccc12. The Morgan fingerprint density at radius 1 is 0.919 bits per heavy atom. The molecule has 37 heavy (non-hydrogen) atoms. The van der Waals surface area contributed by atoms with E-state index < -0.39 is 23.7 Å². The molecule has 0 spiro atoms. The predicted molar refractivity (Wildman–Crippen MR) is 145 cm³/mol. The van der Waals surface area contributed by atoms with Gasteiger partial charge in [0.2, 0.25) is 0 Å². The van der Waals surface area contributed by atoms with Crippen molar-refractivity contribution in [2.24, 2.45) is 5.92 Å². The quantitative estimate of drug-likeness (QED) is 0.376. The van der Waals surface area contributed by atoms with Gasteiger partial charge in [-0.25, -0.2) is 9.59 Å². The zero-order chi connectivity index (χ0) is 27.2. The molecule has 3 aromatic carbocycles. The van der Waals surface area contributed by atoms with Crippen LogP contribution in [0.15, 0.2) is 60.7 Å². The molecule has 196 valence electrons. The van der Waals surface area contributed by atoms with E-state index in [0.29, 0.717) is 17.5 Å². The Kier molecular flexibility index (Phi) is 8.92. The number of benzene rings is 3. The molecule has 1 atom stereocenters. The van der Waals surface area contributed by atoms with Crippen LogP contribution >= 0.6 is 0 Å². The maximum absolute atomic E-state index is 13.5. The first kappa shape index (κ1) is 27.7. The smallest absolute Gasteiger partial charge is 0.407 e. The van der Waals surface area contributed by atoms with Gasteiger partial charge in [0.05, 0.1) is 7.11 Å². The normalized spacial score (nSPS) is 12.2. The fraction of sp³-hybridized carbons (Fsp3) is 0.367. The minimum Gasteiger partial charge on any atom is -0.467 e. The average Bonchev–Trinajstić information content (AvgIpc) is 2.84. The lowest BCUT2D eigenvalue weighted by Crippen LogP contribution is -2.42. The van der Waals surface area contributed by atoms with Gasteiger partial charge in [0.25, 0.3) is 5.91 Å². The fourth-order valence-electron chi connectivity index (χ4n) is 4.13. The van der Waals surface area contributed by atoms with Crippen molar-refractivity contribution in [1.82, 2.24) is 10.6 Å². The Labute approximate surface area is 218 Å². The molecule has 2 amide bonds. The summed E-state index contributed by atoms with van der Waals surface area (Å²) in [5, 5.41) is 7.67. The van der Waals surface area contributed by atoms with Crippen LogP contribution in [0.4, 0.5) is 4.79 Å². The number of ether oxygens (including phenoxy) is 2. The first-order valence-electron chi connectivity index (χ1n) is 12.4. The summed E-state index contributed by atoms with van der Waals surface area (Å²) in [5.74, 6) is -0.666. The third-order valence-corrected chi connectivity index (χ3v) is 5.74. The number of esters is 1. The highest BCUT2D eigenvalue weighted by Crippen LogP contribution is 2.32. The van der Waals surface area contributed by atoms with Crippen LogP contribution in [0.2, 0.25) is 0 Å². The summed E-state index contributed by atoms with van der Waals surface area (Å²) in [7, 11) is 1.32. The van der Waals surface area contributed by atoms with Gasteiger partial charge >= 0.3 is 12.1 Å². The molecule has 0 radical (unpaired) electrons. The molecule has 0 heterocycles. The lowest BCUT2D eigenvalue weighted by Gasteiger charge is -2.21. The molecule has 0 unspecified atom stereocenters. The van der Waals surface area contributed by atoms with E-state index >= 15 is 0 Å². The molecular formula is C30H36N2O5. The van der Waals surface area contributed by atoms with Gasteiger partial charge in [-0.3, -0.25) is 4.79 Å². The largest absolute Gasteiger partial charge is 0.467 e. The highest BCUT2D eigenvalue weighted by atomic mass is 16.6. The molecule has 0 fully saturated rings. The highest BCUT2D eigenvalue weighted by Gasteiger charge is 2.25. The fourth-order valence-corrected chi connectivity index (χ4v) is 4.13. The topological polar surface area (TPSA) is 93.7 Å². The van der Waals surface area contributed by atoms with Crippen molar-refractivity contribution in [3.8, 4) is 11.1 Å². The molecule has 0 saturated heterocycles. The number of alkyl carbamates (subject to hydrolysis) is 1. The van der Waals surface area contributed by atoms with Crippen molar-refractivity contribution in [2.45, 2.75) is 59.2 Å². The van der Waals surface area contributed by atoms with E-state index in [1.807, 2.05) is 62.4 Å². The third kappa shape index (κ3) is 7.56. The van der Waals surface area contributed by atoms with Gasteiger partial charge in [-0.1, -0.05) is 62.4 Å². The zero-order valence-electron chi connectivity index (χ0n) is 22.4. The molecule has 7 heteroatoms. The van der Waals surface area contributed by atoms with Crippen molar-refractivity contribution < 1.29 is 23.9 Å².